The van der Waals surface area contributed by atoms with Gasteiger partial charge in [0.25, 0.3) is 0 Å². The first-order valence-electron chi connectivity index (χ1n) is 6.68. The van der Waals surface area contributed by atoms with Crippen LogP contribution >= 0.6 is 0 Å². The fraction of sp³-hybridized carbons (Fsp3) is 0.923. The van der Waals surface area contributed by atoms with Gasteiger partial charge in [-0.15, -0.1) is 0 Å². The molecule has 104 valence electrons. The molecule has 2 heterocycles. The first kappa shape index (κ1) is 13.9. The van der Waals surface area contributed by atoms with Crippen molar-refractivity contribution in [2.24, 2.45) is 5.92 Å². The number of Topliss-reactive ketones (excluding diaryl/α,β-unsaturated/α-hetero) is 1. The van der Waals surface area contributed by atoms with Crippen LogP contribution < -0.4 is 0 Å². The third-order valence-corrected chi connectivity index (χ3v) is 3.80. The number of carbonyl (C=O) groups is 1. The number of aliphatic hydroxyl groups is 1. The molecule has 0 radical (unpaired) electrons. The Balaban J connectivity index is 1.76. The minimum absolute atomic E-state index is 0.0526. The van der Waals surface area contributed by atoms with Gasteiger partial charge < -0.3 is 14.6 Å². The Morgan fingerprint density at radius 3 is 2.67 bits per heavy atom. The summed E-state index contributed by atoms with van der Waals surface area (Å²) in [5.74, 6) is 0.280. The fourth-order valence-corrected chi connectivity index (χ4v) is 2.65. The molecule has 5 heteroatoms. The number of nitrogens with zero attached hydrogens (tertiary/aromatic N) is 1. The van der Waals surface area contributed by atoms with Gasteiger partial charge in [0.05, 0.1) is 18.8 Å². The molecule has 2 aliphatic rings. The number of ketones is 1. The molecule has 1 N–H and O–H groups in total. The van der Waals surface area contributed by atoms with Gasteiger partial charge in [0, 0.05) is 45.1 Å². The SMILES string of the molecule is CN(CC(=O)C1CCOC1)CC1(O)CCOCC1. The summed E-state index contributed by atoms with van der Waals surface area (Å²) >= 11 is 0. The first-order valence-corrected chi connectivity index (χ1v) is 6.68. The van der Waals surface area contributed by atoms with Crippen molar-refractivity contribution in [1.29, 1.82) is 0 Å². The standard InChI is InChI=1S/C13H23NO4/c1-14(8-12(15)11-2-5-18-9-11)10-13(16)3-6-17-7-4-13/h11,16H,2-10H2,1H3. The van der Waals surface area contributed by atoms with Gasteiger partial charge in [0.15, 0.2) is 5.78 Å². The van der Waals surface area contributed by atoms with E-state index in [9.17, 15) is 9.90 Å². The lowest BCUT2D eigenvalue weighted by Gasteiger charge is -2.35. The molecule has 1 atom stereocenters. The molecule has 0 amide bonds. The van der Waals surface area contributed by atoms with Crippen molar-refractivity contribution in [3.8, 4) is 0 Å². The Morgan fingerprint density at radius 2 is 2.06 bits per heavy atom. The van der Waals surface area contributed by atoms with Gasteiger partial charge in [-0.05, 0) is 13.5 Å². The molecule has 2 rings (SSSR count). The highest BCUT2D eigenvalue weighted by molar-refractivity contribution is 5.83. The van der Waals surface area contributed by atoms with Crippen LogP contribution in [0.25, 0.3) is 0 Å². The maximum Gasteiger partial charge on any atom is 0.152 e. The van der Waals surface area contributed by atoms with E-state index >= 15 is 0 Å². The van der Waals surface area contributed by atoms with Crippen molar-refractivity contribution < 1.29 is 19.4 Å². The average molecular weight is 257 g/mol. The third kappa shape index (κ3) is 3.75. The van der Waals surface area contributed by atoms with Crippen molar-refractivity contribution in [1.82, 2.24) is 4.90 Å². The Bertz CT molecular complexity index is 283. The highest BCUT2D eigenvalue weighted by Crippen LogP contribution is 2.21. The molecule has 2 saturated heterocycles. The molecule has 0 spiro atoms. The highest BCUT2D eigenvalue weighted by Gasteiger charge is 2.32. The lowest BCUT2D eigenvalue weighted by Crippen LogP contribution is -2.47. The zero-order valence-corrected chi connectivity index (χ0v) is 11.1. The van der Waals surface area contributed by atoms with Crippen LogP contribution in [0.15, 0.2) is 0 Å². The van der Waals surface area contributed by atoms with Crippen molar-refractivity contribution in [3.05, 3.63) is 0 Å². The Kier molecular flexibility index (Phi) is 4.72. The monoisotopic (exact) mass is 257 g/mol. The fourth-order valence-electron chi connectivity index (χ4n) is 2.65. The van der Waals surface area contributed by atoms with Crippen LogP contribution in [0.3, 0.4) is 0 Å². The summed E-state index contributed by atoms with van der Waals surface area (Å²) in [6.45, 7) is 3.41. The van der Waals surface area contributed by atoms with Gasteiger partial charge in [0.2, 0.25) is 0 Å². The summed E-state index contributed by atoms with van der Waals surface area (Å²) < 4.78 is 10.5. The quantitative estimate of drug-likeness (QED) is 0.755. The maximum atomic E-state index is 12.0. The topological polar surface area (TPSA) is 59.0 Å². The number of likely N-dealkylation sites (N-methyl/N-ethyl adjacent to an activating group) is 1. The van der Waals surface area contributed by atoms with Crippen molar-refractivity contribution in [2.75, 3.05) is 46.6 Å². The molecule has 0 aromatic carbocycles. The van der Waals surface area contributed by atoms with Gasteiger partial charge in [-0.25, -0.2) is 0 Å². The van der Waals surface area contributed by atoms with E-state index in [4.69, 9.17) is 9.47 Å². The summed E-state index contributed by atoms with van der Waals surface area (Å²) in [6.07, 6.45) is 2.14. The molecule has 0 saturated carbocycles. The minimum Gasteiger partial charge on any atom is -0.388 e. The summed E-state index contributed by atoms with van der Waals surface area (Å²) in [4.78, 5) is 13.9. The zero-order valence-electron chi connectivity index (χ0n) is 11.1. The van der Waals surface area contributed by atoms with Gasteiger partial charge >= 0.3 is 0 Å². The smallest absolute Gasteiger partial charge is 0.152 e. The summed E-state index contributed by atoms with van der Waals surface area (Å²) in [5, 5.41) is 10.4. The molecule has 0 aromatic heterocycles. The largest absolute Gasteiger partial charge is 0.388 e. The third-order valence-electron chi connectivity index (χ3n) is 3.80. The van der Waals surface area contributed by atoms with E-state index in [1.165, 1.54) is 0 Å². The van der Waals surface area contributed by atoms with Crippen molar-refractivity contribution >= 4 is 5.78 Å². The van der Waals surface area contributed by atoms with Crippen molar-refractivity contribution in [3.63, 3.8) is 0 Å². The molecule has 0 aromatic rings. The second kappa shape index (κ2) is 6.10. The molecular weight excluding hydrogens is 234 g/mol. The second-order valence-corrected chi connectivity index (χ2v) is 5.54. The molecule has 1 unspecified atom stereocenters. The van der Waals surface area contributed by atoms with E-state index in [2.05, 4.69) is 0 Å². The summed E-state index contributed by atoms with van der Waals surface area (Å²) in [5.41, 5.74) is -0.695. The number of hydrogen-bond donors (Lipinski definition) is 1. The van der Waals surface area contributed by atoms with Crippen LogP contribution in [0.4, 0.5) is 0 Å². The van der Waals surface area contributed by atoms with Crippen LogP contribution in [-0.4, -0.2) is 68.0 Å². The molecule has 5 nitrogen and oxygen atoms in total. The van der Waals surface area contributed by atoms with E-state index in [1.54, 1.807) is 0 Å². The van der Waals surface area contributed by atoms with Gasteiger partial charge in [-0.3, -0.25) is 9.69 Å². The molecule has 0 bridgehead atoms. The number of hydrogen-bond acceptors (Lipinski definition) is 5. The summed E-state index contributed by atoms with van der Waals surface area (Å²) in [6, 6.07) is 0. The Hall–Kier alpha value is -0.490. The van der Waals surface area contributed by atoms with E-state index in [0.29, 0.717) is 52.4 Å². The van der Waals surface area contributed by atoms with Gasteiger partial charge in [0.1, 0.15) is 0 Å². The zero-order chi connectivity index (χ0) is 13.0. The molecule has 2 aliphatic heterocycles. The lowest BCUT2D eigenvalue weighted by atomic mass is 9.93. The van der Waals surface area contributed by atoms with Crippen LogP contribution in [0, 0.1) is 5.92 Å². The first-order chi connectivity index (χ1) is 8.59. The molecule has 0 aliphatic carbocycles. The molecule has 18 heavy (non-hydrogen) atoms. The van der Waals surface area contributed by atoms with E-state index in [0.717, 1.165) is 6.42 Å². The molecular formula is C13H23NO4. The average Bonchev–Trinajstić information content (AvgIpc) is 2.82. The van der Waals surface area contributed by atoms with Gasteiger partial charge in [-0.1, -0.05) is 0 Å². The normalized spacial score (nSPS) is 27.6. The van der Waals surface area contributed by atoms with Crippen LogP contribution in [-0.2, 0) is 14.3 Å². The Morgan fingerprint density at radius 1 is 1.33 bits per heavy atom. The van der Waals surface area contributed by atoms with Crippen LogP contribution in [0.1, 0.15) is 19.3 Å². The Labute approximate surface area is 108 Å². The minimum atomic E-state index is -0.695. The second-order valence-electron chi connectivity index (χ2n) is 5.54. The van der Waals surface area contributed by atoms with E-state index in [-0.39, 0.29) is 11.7 Å². The maximum absolute atomic E-state index is 12.0. The highest BCUT2D eigenvalue weighted by atomic mass is 16.5. The van der Waals surface area contributed by atoms with Crippen LogP contribution in [0.5, 0.6) is 0 Å². The summed E-state index contributed by atoms with van der Waals surface area (Å²) in [7, 11) is 1.89. The van der Waals surface area contributed by atoms with Crippen molar-refractivity contribution in [2.45, 2.75) is 24.9 Å². The van der Waals surface area contributed by atoms with Gasteiger partial charge in [-0.2, -0.15) is 0 Å². The number of ether oxygens (including phenoxy) is 2. The predicted octanol–water partition coefficient (Wildman–Crippen LogP) is 0.0653. The number of carbonyl (C=O) groups excluding carboxylic acids is 1. The molecule has 2 fully saturated rings. The predicted molar refractivity (Wildman–Crippen MR) is 66.4 cm³/mol. The van der Waals surface area contributed by atoms with E-state index in [1.807, 2.05) is 11.9 Å². The van der Waals surface area contributed by atoms with E-state index < -0.39 is 5.60 Å². The lowest BCUT2D eigenvalue weighted by molar-refractivity contribution is -0.125. The number of rotatable bonds is 5. The van der Waals surface area contributed by atoms with Crippen LogP contribution in [0.2, 0.25) is 0 Å².